The zero-order valence-electron chi connectivity index (χ0n) is 17.3. The van der Waals surface area contributed by atoms with Crippen molar-refractivity contribution in [1.82, 2.24) is 9.78 Å². The van der Waals surface area contributed by atoms with E-state index in [9.17, 15) is 14.4 Å². The Hall–Kier alpha value is -3.68. The fourth-order valence-electron chi connectivity index (χ4n) is 3.63. The van der Waals surface area contributed by atoms with E-state index >= 15 is 0 Å². The first kappa shape index (κ1) is 22.0. The Balaban J connectivity index is 0.000000187. The largest absolute Gasteiger partial charge is 0.481 e. The van der Waals surface area contributed by atoms with Gasteiger partial charge in [0.2, 0.25) is 0 Å². The maximum Gasteiger partial charge on any atom is 0.331 e. The second kappa shape index (κ2) is 9.42. The van der Waals surface area contributed by atoms with Crippen LogP contribution in [0.3, 0.4) is 0 Å². The number of aliphatic carboxylic acids is 2. The molecule has 1 saturated heterocycles. The van der Waals surface area contributed by atoms with E-state index < -0.39 is 17.4 Å². The summed E-state index contributed by atoms with van der Waals surface area (Å²) in [6, 6.07) is 9.93. The maximum atomic E-state index is 11.1. The monoisotopic (exact) mass is 423 g/mol. The summed E-state index contributed by atoms with van der Waals surface area (Å²) in [4.78, 5) is 34.7. The van der Waals surface area contributed by atoms with E-state index in [1.807, 2.05) is 35.0 Å². The molecule has 2 aliphatic rings. The molecule has 2 heterocycles. The fraction of sp³-hybridized carbons (Fsp3) is 0.304. The SMILES string of the molecule is CC1(C(=O)O)C=CC=C(C(=O)O)C1.O=Cc1cnn(-c2ccccc2)c1N1CCCC1. The van der Waals surface area contributed by atoms with Crippen molar-refractivity contribution in [3.8, 4) is 5.69 Å². The number of carboxylic acid groups (broad SMARTS) is 2. The molecule has 4 rings (SSSR count). The molecule has 0 radical (unpaired) electrons. The van der Waals surface area contributed by atoms with Crippen molar-refractivity contribution >= 4 is 24.0 Å². The molecule has 0 amide bonds. The summed E-state index contributed by atoms with van der Waals surface area (Å²) in [5.41, 5.74) is 0.711. The average Bonchev–Trinajstić information content (AvgIpc) is 3.44. The first-order chi connectivity index (χ1) is 14.9. The highest BCUT2D eigenvalue weighted by molar-refractivity contribution is 5.90. The van der Waals surface area contributed by atoms with E-state index in [2.05, 4.69) is 10.00 Å². The molecule has 0 spiro atoms. The van der Waals surface area contributed by atoms with Gasteiger partial charge in [-0.25, -0.2) is 9.48 Å². The highest BCUT2D eigenvalue weighted by Crippen LogP contribution is 2.31. The molecular formula is C23H25N3O5. The quantitative estimate of drug-likeness (QED) is 0.709. The van der Waals surface area contributed by atoms with Crippen molar-refractivity contribution in [2.24, 2.45) is 5.41 Å². The Morgan fingerprint density at radius 3 is 2.39 bits per heavy atom. The number of nitrogens with zero attached hydrogens (tertiary/aromatic N) is 3. The number of hydrogen-bond acceptors (Lipinski definition) is 5. The summed E-state index contributed by atoms with van der Waals surface area (Å²) >= 11 is 0. The molecule has 2 aromatic rings. The number of carbonyl (C=O) groups excluding carboxylic acids is 1. The Bertz CT molecular complexity index is 1020. The van der Waals surface area contributed by atoms with E-state index in [0.29, 0.717) is 5.56 Å². The van der Waals surface area contributed by atoms with Gasteiger partial charge in [-0.15, -0.1) is 0 Å². The minimum atomic E-state index is -1.08. The van der Waals surface area contributed by atoms with Crippen molar-refractivity contribution in [1.29, 1.82) is 0 Å². The van der Waals surface area contributed by atoms with Crippen LogP contribution in [0, 0.1) is 5.41 Å². The van der Waals surface area contributed by atoms with Gasteiger partial charge in [-0.3, -0.25) is 9.59 Å². The maximum absolute atomic E-state index is 11.1. The average molecular weight is 423 g/mol. The van der Waals surface area contributed by atoms with E-state index in [1.54, 1.807) is 6.20 Å². The molecule has 8 heteroatoms. The Morgan fingerprint density at radius 2 is 1.81 bits per heavy atom. The van der Waals surface area contributed by atoms with E-state index in [-0.39, 0.29) is 12.0 Å². The number of benzene rings is 1. The zero-order chi connectivity index (χ0) is 22.4. The number of allylic oxidation sites excluding steroid dienone is 2. The molecule has 1 aromatic heterocycles. The summed E-state index contributed by atoms with van der Waals surface area (Å²) in [5, 5.41) is 21.8. The van der Waals surface area contributed by atoms with Crippen LogP contribution in [-0.4, -0.2) is 51.3 Å². The molecular weight excluding hydrogens is 398 g/mol. The molecule has 31 heavy (non-hydrogen) atoms. The minimum Gasteiger partial charge on any atom is -0.481 e. The normalized spacial score (nSPS) is 19.9. The molecule has 0 saturated carbocycles. The number of aromatic nitrogens is 2. The summed E-state index contributed by atoms with van der Waals surface area (Å²) in [6.45, 7) is 3.50. The number of para-hydroxylation sites is 1. The second-order valence-electron chi connectivity index (χ2n) is 7.74. The van der Waals surface area contributed by atoms with Gasteiger partial charge in [0.25, 0.3) is 0 Å². The van der Waals surface area contributed by atoms with Gasteiger partial charge < -0.3 is 15.1 Å². The van der Waals surface area contributed by atoms with Crippen LogP contribution in [0.4, 0.5) is 5.82 Å². The van der Waals surface area contributed by atoms with Gasteiger partial charge >= 0.3 is 11.9 Å². The molecule has 162 valence electrons. The third-order valence-electron chi connectivity index (χ3n) is 5.39. The second-order valence-corrected chi connectivity index (χ2v) is 7.74. The van der Waals surface area contributed by atoms with Gasteiger partial charge in [0.15, 0.2) is 6.29 Å². The van der Waals surface area contributed by atoms with Gasteiger partial charge in [0.1, 0.15) is 5.82 Å². The Kier molecular flexibility index (Phi) is 6.69. The van der Waals surface area contributed by atoms with Crippen LogP contribution in [0.5, 0.6) is 0 Å². The van der Waals surface area contributed by atoms with E-state index in [1.165, 1.54) is 38.0 Å². The summed E-state index contributed by atoms with van der Waals surface area (Å²) < 4.78 is 1.86. The predicted molar refractivity (Wildman–Crippen MR) is 116 cm³/mol. The summed E-state index contributed by atoms with van der Waals surface area (Å²) in [5.74, 6) is -1.14. The highest BCUT2D eigenvalue weighted by Gasteiger charge is 2.34. The summed E-state index contributed by atoms with van der Waals surface area (Å²) in [7, 11) is 0. The molecule has 8 nitrogen and oxygen atoms in total. The molecule has 1 fully saturated rings. The topological polar surface area (TPSA) is 113 Å². The van der Waals surface area contributed by atoms with Crippen molar-refractivity contribution in [3.05, 3.63) is 65.9 Å². The molecule has 0 bridgehead atoms. The number of aldehydes is 1. The standard InChI is InChI=1S/C14H15N3O.C9H10O4/c18-11-12-10-15-17(13-6-2-1-3-7-13)14(12)16-8-4-5-9-16;1-9(8(12)13)4-2-3-6(5-9)7(10)11/h1-3,6-7,10-11H,4-5,8-9H2;2-4H,5H2,1H3,(H,10,11)(H,12,13). The highest BCUT2D eigenvalue weighted by atomic mass is 16.4. The van der Waals surface area contributed by atoms with Gasteiger partial charge in [0, 0.05) is 18.7 Å². The number of carboxylic acids is 2. The van der Waals surface area contributed by atoms with E-state index in [4.69, 9.17) is 10.2 Å². The third-order valence-corrected chi connectivity index (χ3v) is 5.39. The zero-order valence-corrected chi connectivity index (χ0v) is 17.3. The van der Waals surface area contributed by atoms with Crippen LogP contribution < -0.4 is 4.90 Å². The van der Waals surface area contributed by atoms with Crippen LogP contribution in [0.25, 0.3) is 5.69 Å². The van der Waals surface area contributed by atoms with Crippen LogP contribution in [0.2, 0.25) is 0 Å². The number of carbonyl (C=O) groups is 3. The van der Waals surface area contributed by atoms with Crippen LogP contribution in [-0.2, 0) is 9.59 Å². The van der Waals surface area contributed by atoms with Gasteiger partial charge in [-0.05, 0) is 38.3 Å². The van der Waals surface area contributed by atoms with Crippen LogP contribution in [0.1, 0.15) is 36.5 Å². The number of hydrogen-bond donors (Lipinski definition) is 2. The molecule has 1 atom stereocenters. The van der Waals surface area contributed by atoms with Crippen LogP contribution >= 0.6 is 0 Å². The molecule has 2 N–H and O–H groups in total. The van der Waals surface area contributed by atoms with Gasteiger partial charge in [-0.1, -0.05) is 36.4 Å². The fourth-order valence-corrected chi connectivity index (χ4v) is 3.63. The van der Waals surface area contributed by atoms with Crippen molar-refractivity contribution in [2.75, 3.05) is 18.0 Å². The van der Waals surface area contributed by atoms with Gasteiger partial charge in [-0.2, -0.15) is 5.10 Å². The lowest BCUT2D eigenvalue weighted by Crippen LogP contribution is -2.28. The summed E-state index contributed by atoms with van der Waals surface area (Å²) in [6.07, 6.45) is 9.33. The third kappa shape index (κ3) is 4.91. The van der Waals surface area contributed by atoms with Crippen molar-refractivity contribution in [2.45, 2.75) is 26.2 Å². The predicted octanol–water partition coefficient (Wildman–Crippen LogP) is 3.33. The van der Waals surface area contributed by atoms with Gasteiger partial charge in [0.05, 0.1) is 22.9 Å². The van der Waals surface area contributed by atoms with E-state index in [0.717, 1.165) is 30.9 Å². The number of anilines is 1. The lowest BCUT2D eigenvalue weighted by molar-refractivity contribution is -0.145. The molecule has 1 aliphatic heterocycles. The Morgan fingerprint density at radius 1 is 1.13 bits per heavy atom. The Labute approximate surface area is 180 Å². The number of rotatable bonds is 5. The lowest BCUT2D eigenvalue weighted by atomic mass is 9.80. The lowest BCUT2D eigenvalue weighted by Gasteiger charge is -2.23. The smallest absolute Gasteiger partial charge is 0.331 e. The van der Waals surface area contributed by atoms with Crippen molar-refractivity contribution < 1.29 is 24.6 Å². The first-order valence-corrected chi connectivity index (χ1v) is 10.0. The van der Waals surface area contributed by atoms with Crippen molar-refractivity contribution in [3.63, 3.8) is 0 Å². The molecule has 1 aliphatic carbocycles. The minimum absolute atomic E-state index is 0.0359. The molecule has 1 unspecified atom stereocenters. The first-order valence-electron chi connectivity index (χ1n) is 10.0. The van der Waals surface area contributed by atoms with Crippen LogP contribution in [0.15, 0.2) is 60.3 Å². The molecule has 1 aromatic carbocycles.